The van der Waals surface area contributed by atoms with Crippen LogP contribution in [0.15, 0.2) is 48.9 Å². The highest BCUT2D eigenvalue weighted by molar-refractivity contribution is 6.27. The summed E-state index contributed by atoms with van der Waals surface area (Å²) in [6, 6.07) is 8.99. The molecule has 150 valence electrons. The maximum atomic E-state index is 11.9. The van der Waals surface area contributed by atoms with E-state index in [2.05, 4.69) is 15.3 Å². The van der Waals surface area contributed by atoms with Crippen molar-refractivity contribution in [2.75, 3.05) is 13.7 Å². The number of aliphatic hydroxyl groups excluding tert-OH is 1. The van der Waals surface area contributed by atoms with Crippen molar-refractivity contribution < 1.29 is 34.4 Å². The van der Waals surface area contributed by atoms with Crippen LogP contribution in [0, 0.1) is 5.92 Å². The fourth-order valence-corrected chi connectivity index (χ4v) is 2.13. The van der Waals surface area contributed by atoms with Crippen LogP contribution in [-0.2, 0) is 25.7 Å². The third-order valence-electron chi connectivity index (χ3n) is 3.51. The first kappa shape index (κ1) is 22.7. The van der Waals surface area contributed by atoms with Crippen molar-refractivity contribution in [1.29, 1.82) is 0 Å². The molecule has 2 rings (SSSR count). The van der Waals surface area contributed by atoms with Crippen molar-refractivity contribution in [2.45, 2.75) is 12.6 Å². The molecule has 0 aromatic carbocycles. The van der Waals surface area contributed by atoms with Gasteiger partial charge in [-0.25, -0.2) is 9.59 Å². The first-order chi connectivity index (χ1) is 13.4. The smallest absolute Gasteiger partial charge is 0.414 e. The number of aliphatic hydroxyl groups is 1. The zero-order valence-electron chi connectivity index (χ0n) is 15.1. The number of aliphatic carboxylic acids is 2. The Hall–Kier alpha value is -3.37. The van der Waals surface area contributed by atoms with Crippen LogP contribution in [0.25, 0.3) is 0 Å². The Morgan fingerprint density at radius 2 is 1.71 bits per heavy atom. The van der Waals surface area contributed by atoms with Gasteiger partial charge in [0.2, 0.25) is 0 Å². The van der Waals surface area contributed by atoms with Gasteiger partial charge in [0.15, 0.2) is 0 Å². The number of nitrogens with one attached hydrogen (secondary N) is 1. The first-order valence-corrected chi connectivity index (χ1v) is 8.09. The van der Waals surface area contributed by atoms with Gasteiger partial charge in [-0.1, -0.05) is 6.07 Å². The number of pyridine rings is 2. The molecule has 0 spiro atoms. The summed E-state index contributed by atoms with van der Waals surface area (Å²) in [5.41, 5.74) is 1.49. The summed E-state index contributed by atoms with van der Waals surface area (Å²) in [6.45, 7) is 0.796. The summed E-state index contributed by atoms with van der Waals surface area (Å²) < 4.78 is 4.79. The third-order valence-corrected chi connectivity index (χ3v) is 3.51. The molecular weight excluding hydrogens is 370 g/mol. The lowest BCUT2D eigenvalue weighted by Crippen LogP contribution is -2.34. The van der Waals surface area contributed by atoms with Gasteiger partial charge in [0, 0.05) is 31.7 Å². The van der Waals surface area contributed by atoms with Gasteiger partial charge in [-0.15, -0.1) is 0 Å². The van der Waals surface area contributed by atoms with E-state index in [9.17, 15) is 9.90 Å². The number of ether oxygens (including phenoxy) is 1. The van der Waals surface area contributed by atoms with Crippen LogP contribution in [0.2, 0.25) is 0 Å². The molecule has 0 aliphatic heterocycles. The highest BCUT2D eigenvalue weighted by atomic mass is 16.5. The second kappa shape index (κ2) is 12.1. The lowest BCUT2D eigenvalue weighted by Gasteiger charge is -2.21. The number of hydrogen-bond acceptors (Lipinski definition) is 8. The van der Waals surface area contributed by atoms with E-state index in [-0.39, 0.29) is 6.54 Å². The Morgan fingerprint density at radius 1 is 1.07 bits per heavy atom. The molecule has 10 nitrogen and oxygen atoms in total. The van der Waals surface area contributed by atoms with Crippen LogP contribution in [-0.4, -0.2) is 56.9 Å². The number of carboxylic acids is 2. The number of esters is 1. The summed E-state index contributed by atoms with van der Waals surface area (Å²) >= 11 is 0. The Labute approximate surface area is 160 Å². The zero-order chi connectivity index (χ0) is 20.9. The van der Waals surface area contributed by atoms with Crippen LogP contribution in [0.1, 0.15) is 17.4 Å². The fourth-order valence-electron chi connectivity index (χ4n) is 2.13. The second-order valence-corrected chi connectivity index (χ2v) is 5.42. The SMILES string of the molecule is COC(=O)C(CNCc1ccccn1)C(O)c1ccncc1.O=C(O)C(=O)O. The van der Waals surface area contributed by atoms with Crippen LogP contribution in [0.5, 0.6) is 0 Å². The normalized spacial score (nSPS) is 12.1. The zero-order valence-corrected chi connectivity index (χ0v) is 15.1. The average molecular weight is 391 g/mol. The van der Waals surface area contributed by atoms with E-state index in [1.54, 1.807) is 30.7 Å². The van der Waals surface area contributed by atoms with Crippen LogP contribution < -0.4 is 5.32 Å². The van der Waals surface area contributed by atoms with Gasteiger partial charge in [-0.05, 0) is 29.8 Å². The molecule has 4 N–H and O–H groups in total. The Morgan fingerprint density at radius 3 is 2.21 bits per heavy atom. The Balaban J connectivity index is 0.000000568. The molecular formula is C18H21N3O7. The molecule has 28 heavy (non-hydrogen) atoms. The topological polar surface area (TPSA) is 159 Å². The monoisotopic (exact) mass is 391 g/mol. The molecule has 2 heterocycles. The largest absolute Gasteiger partial charge is 0.473 e. The fraction of sp³-hybridized carbons (Fsp3) is 0.278. The molecule has 2 atom stereocenters. The number of nitrogens with zero attached hydrogens (tertiary/aromatic N) is 2. The molecule has 10 heteroatoms. The minimum atomic E-state index is -1.82. The maximum absolute atomic E-state index is 11.9. The van der Waals surface area contributed by atoms with Crippen molar-refractivity contribution in [3.63, 3.8) is 0 Å². The van der Waals surface area contributed by atoms with E-state index in [0.29, 0.717) is 12.1 Å². The van der Waals surface area contributed by atoms with Crippen LogP contribution in [0.3, 0.4) is 0 Å². The van der Waals surface area contributed by atoms with Crippen LogP contribution >= 0.6 is 0 Å². The van der Waals surface area contributed by atoms with Gasteiger partial charge in [0.1, 0.15) is 0 Å². The van der Waals surface area contributed by atoms with E-state index < -0.39 is 29.9 Å². The van der Waals surface area contributed by atoms with Crippen molar-refractivity contribution in [2.24, 2.45) is 5.92 Å². The summed E-state index contributed by atoms with van der Waals surface area (Å²) in [5.74, 6) is -4.81. The van der Waals surface area contributed by atoms with Gasteiger partial charge >= 0.3 is 17.9 Å². The number of carboxylic acid groups (broad SMARTS) is 2. The summed E-state index contributed by atoms with van der Waals surface area (Å²) in [5, 5.41) is 28.3. The number of carbonyl (C=O) groups is 3. The molecule has 0 radical (unpaired) electrons. The molecule has 0 bridgehead atoms. The summed E-state index contributed by atoms with van der Waals surface area (Å²) in [7, 11) is 1.31. The standard InChI is InChI=1S/C16H19N3O3.C2H2O4/c1-22-16(21)14(15(20)12-5-8-17-9-6-12)11-18-10-13-4-2-3-7-19-13;3-1(4)2(5)6/h2-9,14-15,18,20H,10-11H2,1H3;(H,3,4)(H,5,6). The summed E-state index contributed by atoms with van der Waals surface area (Å²) in [6.07, 6.45) is 3.91. The predicted molar refractivity (Wildman–Crippen MR) is 95.9 cm³/mol. The summed E-state index contributed by atoms with van der Waals surface area (Å²) in [4.78, 5) is 38.2. The molecule has 0 aliphatic rings. The molecule has 0 saturated heterocycles. The molecule has 0 amide bonds. The molecule has 0 fully saturated rings. The third kappa shape index (κ3) is 7.89. The van der Waals surface area contributed by atoms with E-state index in [0.717, 1.165) is 5.69 Å². The lowest BCUT2D eigenvalue weighted by molar-refractivity contribution is -0.159. The molecule has 2 aromatic rings. The van der Waals surface area contributed by atoms with Crippen molar-refractivity contribution in [1.82, 2.24) is 15.3 Å². The highest BCUT2D eigenvalue weighted by Gasteiger charge is 2.28. The number of methoxy groups -OCH3 is 1. The van der Waals surface area contributed by atoms with E-state index in [4.69, 9.17) is 24.5 Å². The molecule has 2 aromatic heterocycles. The highest BCUT2D eigenvalue weighted by Crippen LogP contribution is 2.22. The van der Waals surface area contributed by atoms with E-state index in [1.165, 1.54) is 7.11 Å². The Kier molecular flexibility index (Phi) is 9.79. The second-order valence-electron chi connectivity index (χ2n) is 5.42. The number of aromatic nitrogens is 2. The first-order valence-electron chi connectivity index (χ1n) is 8.09. The van der Waals surface area contributed by atoms with Gasteiger partial charge in [0.25, 0.3) is 0 Å². The maximum Gasteiger partial charge on any atom is 0.414 e. The minimum Gasteiger partial charge on any atom is -0.473 e. The van der Waals surface area contributed by atoms with E-state index >= 15 is 0 Å². The molecule has 0 saturated carbocycles. The molecule has 0 aliphatic carbocycles. The van der Waals surface area contributed by atoms with Crippen molar-refractivity contribution in [3.05, 3.63) is 60.2 Å². The molecule has 2 unspecified atom stereocenters. The van der Waals surface area contributed by atoms with Crippen molar-refractivity contribution >= 4 is 17.9 Å². The van der Waals surface area contributed by atoms with Gasteiger partial charge in [-0.2, -0.15) is 0 Å². The lowest BCUT2D eigenvalue weighted by atomic mass is 9.96. The van der Waals surface area contributed by atoms with Crippen LogP contribution in [0.4, 0.5) is 0 Å². The van der Waals surface area contributed by atoms with Gasteiger partial charge in [0.05, 0.1) is 24.8 Å². The number of hydrogen-bond donors (Lipinski definition) is 4. The van der Waals surface area contributed by atoms with E-state index in [1.807, 2.05) is 18.2 Å². The Bertz CT molecular complexity index is 744. The number of rotatable bonds is 7. The van der Waals surface area contributed by atoms with Gasteiger partial charge < -0.3 is 25.4 Å². The number of carbonyl (C=O) groups excluding carboxylic acids is 1. The van der Waals surface area contributed by atoms with Crippen molar-refractivity contribution in [3.8, 4) is 0 Å². The quantitative estimate of drug-likeness (QED) is 0.380. The van der Waals surface area contributed by atoms with Gasteiger partial charge in [-0.3, -0.25) is 14.8 Å². The average Bonchev–Trinajstić information content (AvgIpc) is 2.72. The predicted octanol–water partition coefficient (Wildman–Crippen LogP) is 0.245. The minimum absolute atomic E-state index is 0.284.